The normalized spacial score (nSPS) is 11.4. The molecular weight excluding hydrogens is 321 g/mol. The quantitative estimate of drug-likeness (QED) is 0.786. The van der Waals surface area contributed by atoms with Crippen LogP contribution >= 0.6 is 0 Å². The smallest absolute Gasteiger partial charge is 0.261 e. The molecule has 0 aliphatic heterocycles. The van der Waals surface area contributed by atoms with Crippen LogP contribution in [0.5, 0.6) is 0 Å². The Kier molecular flexibility index (Phi) is 3.78. The van der Waals surface area contributed by atoms with Gasteiger partial charge in [0.25, 0.3) is 10.0 Å². The topological polar surface area (TPSA) is 89.8 Å². The third-order valence-electron chi connectivity index (χ3n) is 3.10. The maximum Gasteiger partial charge on any atom is 0.261 e. The Morgan fingerprint density at radius 1 is 1.13 bits per heavy atom. The minimum absolute atomic E-state index is 0.150. The van der Waals surface area contributed by atoms with Crippen LogP contribution in [0.15, 0.2) is 53.4 Å². The van der Waals surface area contributed by atoms with Crippen molar-refractivity contribution < 1.29 is 12.8 Å². The van der Waals surface area contributed by atoms with Gasteiger partial charge in [-0.2, -0.15) is 0 Å². The standard InChI is InChI=1S/C14H12FN5O2S/c1-20-14(16-18-19-20)10-4-2-6-12(8-10)17-23(21,22)13-7-3-5-11(15)9-13/h2-9,17H,1H3. The minimum atomic E-state index is -3.88. The van der Waals surface area contributed by atoms with Gasteiger partial charge in [-0.15, -0.1) is 5.10 Å². The van der Waals surface area contributed by atoms with E-state index in [1.807, 2.05) is 0 Å². The highest BCUT2D eigenvalue weighted by Crippen LogP contribution is 2.22. The molecule has 1 aromatic heterocycles. The Morgan fingerprint density at radius 2 is 1.91 bits per heavy atom. The molecule has 3 rings (SSSR count). The maximum absolute atomic E-state index is 13.2. The van der Waals surface area contributed by atoms with Crippen LogP contribution < -0.4 is 4.72 Å². The fourth-order valence-corrected chi connectivity index (χ4v) is 3.12. The van der Waals surface area contributed by atoms with Crippen molar-refractivity contribution in [2.24, 2.45) is 7.05 Å². The SMILES string of the molecule is Cn1nnnc1-c1cccc(NS(=O)(=O)c2cccc(F)c2)c1. The van der Waals surface area contributed by atoms with Crippen molar-refractivity contribution in [1.29, 1.82) is 0 Å². The van der Waals surface area contributed by atoms with E-state index in [1.165, 1.54) is 22.9 Å². The lowest BCUT2D eigenvalue weighted by Gasteiger charge is -2.09. The molecule has 23 heavy (non-hydrogen) atoms. The fraction of sp³-hybridized carbons (Fsp3) is 0.0714. The molecule has 2 aromatic carbocycles. The summed E-state index contributed by atoms with van der Waals surface area (Å²) in [5.41, 5.74) is 0.978. The van der Waals surface area contributed by atoms with Crippen LogP contribution in [0.25, 0.3) is 11.4 Å². The van der Waals surface area contributed by atoms with Crippen molar-refractivity contribution >= 4 is 15.7 Å². The third-order valence-corrected chi connectivity index (χ3v) is 4.48. The van der Waals surface area contributed by atoms with E-state index >= 15 is 0 Å². The van der Waals surface area contributed by atoms with Gasteiger partial charge in [0.05, 0.1) is 4.90 Å². The second kappa shape index (κ2) is 5.76. The first-order valence-corrected chi connectivity index (χ1v) is 8.05. The number of aromatic nitrogens is 4. The Labute approximate surface area is 131 Å². The molecule has 0 saturated heterocycles. The number of benzene rings is 2. The first kappa shape index (κ1) is 15.1. The molecular formula is C14H12FN5O2S. The van der Waals surface area contributed by atoms with Crippen LogP contribution in [-0.4, -0.2) is 28.6 Å². The van der Waals surface area contributed by atoms with Gasteiger partial charge in [0, 0.05) is 18.3 Å². The molecule has 0 unspecified atom stereocenters. The van der Waals surface area contributed by atoms with E-state index in [0.29, 0.717) is 17.1 Å². The van der Waals surface area contributed by atoms with E-state index in [9.17, 15) is 12.8 Å². The van der Waals surface area contributed by atoms with Crippen molar-refractivity contribution in [3.63, 3.8) is 0 Å². The average molecular weight is 333 g/mol. The molecule has 0 aliphatic carbocycles. The van der Waals surface area contributed by atoms with E-state index in [2.05, 4.69) is 20.2 Å². The van der Waals surface area contributed by atoms with Crippen molar-refractivity contribution in [1.82, 2.24) is 20.2 Å². The molecule has 7 nitrogen and oxygen atoms in total. The van der Waals surface area contributed by atoms with Crippen LogP contribution in [0.4, 0.5) is 10.1 Å². The van der Waals surface area contributed by atoms with Gasteiger partial charge in [0.1, 0.15) is 5.82 Å². The summed E-state index contributed by atoms with van der Waals surface area (Å²) in [7, 11) is -2.20. The highest BCUT2D eigenvalue weighted by molar-refractivity contribution is 7.92. The van der Waals surface area contributed by atoms with E-state index in [1.54, 1.807) is 31.3 Å². The largest absolute Gasteiger partial charge is 0.280 e. The predicted molar refractivity (Wildman–Crippen MR) is 81.4 cm³/mol. The molecule has 9 heteroatoms. The second-order valence-electron chi connectivity index (χ2n) is 4.77. The summed E-state index contributed by atoms with van der Waals surface area (Å²) in [6.07, 6.45) is 0. The number of anilines is 1. The van der Waals surface area contributed by atoms with Gasteiger partial charge in [-0.25, -0.2) is 17.5 Å². The molecule has 3 aromatic rings. The molecule has 0 radical (unpaired) electrons. The Balaban J connectivity index is 1.93. The summed E-state index contributed by atoms with van der Waals surface area (Å²) in [5.74, 6) is -0.122. The molecule has 0 saturated carbocycles. The van der Waals surface area contributed by atoms with Gasteiger partial charge in [0.15, 0.2) is 5.82 Å². The molecule has 0 amide bonds. The van der Waals surface area contributed by atoms with Crippen LogP contribution in [0.1, 0.15) is 0 Å². The van der Waals surface area contributed by atoms with Crippen LogP contribution in [0, 0.1) is 5.82 Å². The molecule has 1 heterocycles. The van der Waals surface area contributed by atoms with Crippen molar-refractivity contribution in [2.75, 3.05) is 4.72 Å². The summed E-state index contributed by atoms with van der Waals surface area (Å²) in [6, 6.07) is 11.4. The number of nitrogens with zero attached hydrogens (tertiary/aromatic N) is 4. The van der Waals surface area contributed by atoms with Crippen molar-refractivity contribution in [2.45, 2.75) is 4.90 Å². The number of sulfonamides is 1. The maximum atomic E-state index is 13.2. The second-order valence-corrected chi connectivity index (χ2v) is 6.45. The monoisotopic (exact) mass is 333 g/mol. The van der Waals surface area contributed by atoms with Crippen molar-refractivity contribution in [3.05, 3.63) is 54.3 Å². The molecule has 0 aliphatic rings. The Bertz CT molecular complexity index is 955. The molecule has 1 N–H and O–H groups in total. The van der Waals surface area contributed by atoms with E-state index in [-0.39, 0.29) is 4.90 Å². The zero-order chi connectivity index (χ0) is 16.4. The molecule has 118 valence electrons. The van der Waals surface area contributed by atoms with Crippen LogP contribution in [0.2, 0.25) is 0 Å². The first-order valence-electron chi connectivity index (χ1n) is 6.57. The van der Waals surface area contributed by atoms with Gasteiger partial charge in [-0.1, -0.05) is 18.2 Å². The Morgan fingerprint density at radius 3 is 2.61 bits per heavy atom. The zero-order valence-corrected chi connectivity index (χ0v) is 12.8. The van der Waals surface area contributed by atoms with Crippen LogP contribution in [-0.2, 0) is 17.1 Å². The molecule has 0 atom stereocenters. The first-order chi connectivity index (χ1) is 11.0. The molecule has 0 bridgehead atoms. The lowest BCUT2D eigenvalue weighted by Crippen LogP contribution is -2.13. The number of nitrogens with one attached hydrogen (secondary N) is 1. The summed E-state index contributed by atoms with van der Waals surface area (Å²) in [5, 5.41) is 11.1. The molecule has 0 fully saturated rings. The highest BCUT2D eigenvalue weighted by atomic mass is 32.2. The molecule has 0 spiro atoms. The van der Waals surface area contributed by atoms with E-state index < -0.39 is 15.8 Å². The number of hydrogen-bond acceptors (Lipinski definition) is 5. The van der Waals surface area contributed by atoms with Gasteiger partial charge >= 0.3 is 0 Å². The number of hydrogen-bond donors (Lipinski definition) is 1. The number of tetrazole rings is 1. The summed E-state index contributed by atoms with van der Waals surface area (Å²) < 4.78 is 41.7. The Hall–Kier alpha value is -2.81. The number of rotatable bonds is 4. The van der Waals surface area contributed by atoms with Gasteiger partial charge in [-0.05, 0) is 40.8 Å². The minimum Gasteiger partial charge on any atom is -0.280 e. The zero-order valence-electron chi connectivity index (χ0n) is 12.0. The number of halogens is 1. The lowest BCUT2D eigenvalue weighted by atomic mass is 10.2. The van der Waals surface area contributed by atoms with Gasteiger partial charge < -0.3 is 0 Å². The fourth-order valence-electron chi connectivity index (χ4n) is 2.04. The number of aryl methyl sites for hydroxylation is 1. The summed E-state index contributed by atoms with van der Waals surface area (Å²) in [4.78, 5) is -0.150. The van der Waals surface area contributed by atoms with Crippen LogP contribution in [0.3, 0.4) is 0 Å². The third kappa shape index (κ3) is 3.19. The summed E-state index contributed by atoms with van der Waals surface area (Å²) in [6.45, 7) is 0. The van der Waals surface area contributed by atoms with E-state index in [0.717, 1.165) is 6.07 Å². The van der Waals surface area contributed by atoms with Crippen molar-refractivity contribution in [3.8, 4) is 11.4 Å². The van der Waals surface area contributed by atoms with Gasteiger partial charge in [0.2, 0.25) is 0 Å². The predicted octanol–water partition coefficient (Wildman–Crippen LogP) is 1.82. The van der Waals surface area contributed by atoms with Gasteiger partial charge in [-0.3, -0.25) is 4.72 Å². The average Bonchev–Trinajstić information content (AvgIpc) is 2.93. The lowest BCUT2D eigenvalue weighted by molar-refractivity contribution is 0.595. The highest BCUT2D eigenvalue weighted by Gasteiger charge is 2.15. The van der Waals surface area contributed by atoms with E-state index in [4.69, 9.17) is 0 Å². The summed E-state index contributed by atoms with van der Waals surface area (Å²) >= 11 is 0.